The third-order valence-corrected chi connectivity index (χ3v) is 3.97. The number of ether oxygens (including phenoxy) is 1. The highest BCUT2D eigenvalue weighted by molar-refractivity contribution is 6.03. The number of ketones is 1. The molecule has 3 rings (SSSR count). The van der Waals surface area contributed by atoms with Crippen LogP contribution in [0.5, 0.6) is 5.75 Å². The molecule has 0 heterocycles. The van der Waals surface area contributed by atoms with Gasteiger partial charge in [-0.15, -0.1) is 12.4 Å². The smallest absolute Gasteiger partial charge is 0.314 e. The SMILES string of the molecule is Cl.NC1CCc2c(ccc(OCc3ccccc3)c2[N+](=O)[O-])C1=O. The minimum absolute atomic E-state index is 0. The molecule has 1 unspecified atom stereocenters. The van der Waals surface area contributed by atoms with Crippen LogP contribution in [-0.2, 0) is 13.0 Å². The van der Waals surface area contributed by atoms with E-state index in [0.717, 1.165) is 5.56 Å². The number of carbonyl (C=O) groups excluding carboxylic acids is 1. The first-order valence-electron chi connectivity index (χ1n) is 7.34. The molecule has 1 aliphatic rings. The van der Waals surface area contributed by atoms with Crippen LogP contribution >= 0.6 is 12.4 Å². The number of nitrogens with two attached hydrogens (primary N) is 1. The van der Waals surface area contributed by atoms with E-state index in [1.807, 2.05) is 30.3 Å². The number of rotatable bonds is 4. The Labute approximate surface area is 145 Å². The Morgan fingerprint density at radius 2 is 1.92 bits per heavy atom. The molecule has 2 N–H and O–H groups in total. The van der Waals surface area contributed by atoms with Gasteiger partial charge in [-0.1, -0.05) is 30.3 Å². The van der Waals surface area contributed by atoms with Crippen LogP contribution in [0, 0.1) is 10.1 Å². The Hall–Kier alpha value is -2.44. The molecule has 1 aliphatic carbocycles. The lowest BCUT2D eigenvalue weighted by molar-refractivity contribution is -0.386. The minimum Gasteiger partial charge on any atom is -0.482 e. The molecule has 0 spiro atoms. The second kappa shape index (κ2) is 7.42. The number of benzene rings is 2. The lowest BCUT2D eigenvalue weighted by atomic mass is 9.86. The second-order valence-electron chi connectivity index (χ2n) is 5.48. The minimum atomic E-state index is -0.585. The van der Waals surface area contributed by atoms with E-state index < -0.39 is 11.0 Å². The normalized spacial score (nSPS) is 16.0. The van der Waals surface area contributed by atoms with Crippen molar-refractivity contribution in [3.05, 3.63) is 69.3 Å². The van der Waals surface area contributed by atoms with Crippen molar-refractivity contribution in [2.24, 2.45) is 5.73 Å². The summed E-state index contributed by atoms with van der Waals surface area (Å²) in [6, 6.07) is 11.9. The van der Waals surface area contributed by atoms with Crippen molar-refractivity contribution in [2.75, 3.05) is 0 Å². The standard InChI is InChI=1S/C17H16N2O4.ClH/c18-14-8-6-12-13(17(14)20)7-9-15(16(12)19(21)22)23-10-11-4-2-1-3-5-11;/h1-5,7,9,14H,6,8,10,18H2;1H. The van der Waals surface area contributed by atoms with Gasteiger partial charge in [-0.05, 0) is 30.5 Å². The molecule has 0 fully saturated rings. The van der Waals surface area contributed by atoms with Crippen molar-refractivity contribution < 1.29 is 14.5 Å². The van der Waals surface area contributed by atoms with Gasteiger partial charge in [-0.3, -0.25) is 14.9 Å². The van der Waals surface area contributed by atoms with Gasteiger partial charge in [0, 0.05) is 11.1 Å². The fourth-order valence-corrected chi connectivity index (χ4v) is 2.78. The molecule has 126 valence electrons. The number of nitrogens with zero attached hydrogens (tertiary/aromatic N) is 1. The number of halogens is 1. The fraction of sp³-hybridized carbons (Fsp3) is 0.235. The average Bonchev–Trinajstić information content (AvgIpc) is 2.56. The first-order chi connectivity index (χ1) is 11.1. The summed E-state index contributed by atoms with van der Waals surface area (Å²) in [7, 11) is 0. The van der Waals surface area contributed by atoms with Crippen molar-refractivity contribution >= 4 is 23.9 Å². The van der Waals surface area contributed by atoms with E-state index >= 15 is 0 Å². The fourth-order valence-electron chi connectivity index (χ4n) is 2.78. The summed E-state index contributed by atoms with van der Waals surface area (Å²) in [5.41, 5.74) is 7.29. The van der Waals surface area contributed by atoms with Gasteiger partial charge in [0.2, 0.25) is 0 Å². The van der Waals surface area contributed by atoms with Crippen LogP contribution in [0.15, 0.2) is 42.5 Å². The zero-order chi connectivity index (χ0) is 16.4. The molecule has 0 amide bonds. The van der Waals surface area contributed by atoms with Crippen molar-refractivity contribution in [3.8, 4) is 5.75 Å². The molecule has 1 atom stereocenters. The van der Waals surface area contributed by atoms with Crippen LogP contribution in [0.3, 0.4) is 0 Å². The van der Waals surface area contributed by atoms with Gasteiger partial charge in [0.1, 0.15) is 6.61 Å². The molecule has 0 radical (unpaired) electrons. The van der Waals surface area contributed by atoms with E-state index in [1.54, 1.807) is 6.07 Å². The van der Waals surface area contributed by atoms with Crippen molar-refractivity contribution in [2.45, 2.75) is 25.5 Å². The highest BCUT2D eigenvalue weighted by Crippen LogP contribution is 2.37. The van der Waals surface area contributed by atoms with Gasteiger partial charge in [0.15, 0.2) is 11.5 Å². The van der Waals surface area contributed by atoms with E-state index in [2.05, 4.69) is 0 Å². The third kappa shape index (κ3) is 3.39. The Balaban J connectivity index is 0.00000208. The monoisotopic (exact) mass is 348 g/mol. The molecule has 0 aromatic heterocycles. The van der Waals surface area contributed by atoms with Gasteiger partial charge in [0.05, 0.1) is 11.0 Å². The van der Waals surface area contributed by atoms with Crippen LogP contribution in [0.1, 0.15) is 27.9 Å². The van der Waals surface area contributed by atoms with Crippen LogP contribution < -0.4 is 10.5 Å². The Kier molecular flexibility index (Phi) is 5.54. The molecule has 0 saturated heterocycles. The van der Waals surface area contributed by atoms with E-state index in [0.29, 0.717) is 24.0 Å². The molecule has 0 bridgehead atoms. The number of nitro benzene ring substituents is 1. The zero-order valence-electron chi connectivity index (χ0n) is 12.8. The van der Waals surface area contributed by atoms with Crippen LogP contribution in [-0.4, -0.2) is 16.7 Å². The Morgan fingerprint density at radius 3 is 2.58 bits per heavy atom. The summed E-state index contributed by atoms with van der Waals surface area (Å²) in [6.45, 7) is 0.230. The largest absolute Gasteiger partial charge is 0.482 e. The van der Waals surface area contributed by atoms with E-state index in [4.69, 9.17) is 10.5 Å². The molecule has 2 aromatic carbocycles. The van der Waals surface area contributed by atoms with Crippen LogP contribution in [0.4, 0.5) is 5.69 Å². The summed E-state index contributed by atoms with van der Waals surface area (Å²) in [5.74, 6) is -0.0650. The van der Waals surface area contributed by atoms with Gasteiger partial charge in [-0.25, -0.2) is 0 Å². The Bertz CT molecular complexity index is 765. The second-order valence-corrected chi connectivity index (χ2v) is 5.48. The summed E-state index contributed by atoms with van der Waals surface area (Å²) >= 11 is 0. The van der Waals surface area contributed by atoms with E-state index in [-0.39, 0.29) is 36.2 Å². The number of hydrogen-bond donors (Lipinski definition) is 1. The van der Waals surface area contributed by atoms with Gasteiger partial charge < -0.3 is 10.5 Å². The summed E-state index contributed by atoms with van der Waals surface area (Å²) in [6.07, 6.45) is 0.815. The lowest BCUT2D eigenvalue weighted by Crippen LogP contribution is -2.35. The predicted octanol–water partition coefficient (Wildman–Crippen LogP) is 3.05. The summed E-state index contributed by atoms with van der Waals surface area (Å²) in [4.78, 5) is 23.1. The highest BCUT2D eigenvalue weighted by Gasteiger charge is 2.32. The van der Waals surface area contributed by atoms with E-state index in [1.165, 1.54) is 6.07 Å². The van der Waals surface area contributed by atoms with Crippen LogP contribution in [0.2, 0.25) is 0 Å². The van der Waals surface area contributed by atoms with Gasteiger partial charge in [-0.2, -0.15) is 0 Å². The van der Waals surface area contributed by atoms with Gasteiger partial charge >= 0.3 is 5.69 Å². The Morgan fingerprint density at radius 1 is 1.21 bits per heavy atom. The molecule has 6 nitrogen and oxygen atoms in total. The van der Waals surface area contributed by atoms with Crippen molar-refractivity contribution in [1.82, 2.24) is 0 Å². The maximum Gasteiger partial charge on any atom is 0.314 e. The predicted molar refractivity (Wildman–Crippen MR) is 91.7 cm³/mol. The molecule has 2 aromatic rings. The topological polar surface area (TPSA) is 95.5 Å². The third-order valence-electron chi connectivity index (χ3n) is 3.97. The number of nitro groups is 1. The van der Waals surface area contributed by atoms with Crippen LogP contribution in [0.25, 0.3) is 0 Å². The van der Waals surface area contributed by atoms with Crippen molar-refractivity contribution in [3.63, 3.8) is 0 Å². The average molecular weight is 349 g/mol. The van der Waals surface area contributed by atoms with E-state index in [9.17, 15) is 14.9 Å². The molecule has 7 heteroatoms. The lowest BCUT2D eigenvalue weighted by Gasteiger charge is -2.21. The number of fused-ring (bicyclic) bond motifs is 1. The molecular weight excluding hydrogens is 332 g/mol. The first-order valence-corrected chi connectivity index (χ1v) is 7.34. The number of carbonyl (C=O) groups is 1. The van der Waals surface area contributed by atoms with Gasteiger partial charge in [0.25, 0.3) is 0 Å². The quantitative estimate of drug-likeness (QED) is 0.676. The summed E-state index contributed by atoms with van der Waals surface area (Å²) in [5, 5.41) is 11.5. The maximum atomic E-state index is 12.1. The molecule has 24 heavy (non-hydrogen) atoms. The van der Waals surface area contributed by atoms with Crippen molar-refractivity contribution in [1.29, 1.82) is 0 Å². The highest BCUT2D eigenvalue weighted by atomic mass is 35.5. The first kappa shape index (κ1) is 17.9. The molecular formula is C17H17ClN2O4. The number of Topliss-reactive ketones (excluding diaryl/α,β-unsaturated/α-hetero) is 1. The maximum absolute atomic E-state index is 12.1. The molecule has 0 aliphatic heterocycles. The molecule has 0 saturated carbocycles. The zero-order valence-corrected chi connectivity index (χ0v) is 13.6. The number of hydrogen-bond acceptors (Lipinski definition) is 5. The summed E-state index contributed by atoms with van der Waals surface area (Å²) < 4.78 is 5.63.